The molecule has 0 bridgehead atoms. The van der Waals surface area contributed by atoms with Crippen molar-refractivity contribution in [3.63, 3.8) is 0 Å². The third-order valence-electron chi connectivity index (χ3n) is 4.50. The number of hydrogen-bond donors (Lipinski definition) is 3. The standard InChI is InChI=1S/C18H26N2O3/c1-11-8-12(2)10-15(9-11)13(3)19-18(23)20-16-6-4-14(5-7-16)17(21)22/h8-10,13-14,16H,4-7H2,1-3H3,(H,21,22)(H2,19,20,23). The van der Waals surface area contributed by atoms with E-state index in [1.165, 1.54) is 11.1 Å². The van der Waals surface area contributed by atoms with Gasteiger partial charge < -0.3 is 15.7 Å². The lowest BCUT2D eigenvalue weighted by Crippen LogP contribution is -2.44. The second kappa shape index (κ2) is 7.49. The van der Waals surface area contributed by atoms with Crippen molar-refractivity contribution < 1.29 is 14.7 Å². The molecule has 1 aromatic rings. The summed E-state index contributed by atoms with van der Waals surface area (Å²) >= 11 is 0. The summed E-state index contributed by atoms with van der Waals surface area (Å²) < 4.78 is 0. The second-order valence-electron chi connectivity index (χ2n) is 6.65. The van der Waals surface area contributed by atoms with Crippen LogP contribution in [0.25, 0.3) is 0 Å². The Labute approximate surface area is 137 Å². The molecule has 0 aliphatic heterocycles. The van der Waals surface area contributed by atoms with Crippen molar-refractivity contribution in [1.82, 2.24) is 10.6 Å². The van der Waals surface area contributed by atoms with Crippen molar-refractivity contribution in [3.8, 4) is 0 Å². The van der Waals surface area contributed by atoms with Crippen LogP contribution in [0, 0.1) is 19.8 Å². The summed E-state index contributed by atoms with van der Waals surface area (Å²) in [4.78, 5) is 23.1. The SMILES string of the molecule is Cc1cc(C)cc(C(C)NC(=O)NC2CCC(C(=O)O)CC2)c1. The number of rotatable bonds is 4. The molecule has 1 atom stereocenters. The predicted molar refractivity (Wildman–Crippen MR) is 89.4 cm³/mol. The first-order valence-electron chi connectivity index (χ1n) is 8.23. The maximum absolute atomic E-state index is 12.1. The maximum Gasteiger partial charge on any atom is 0.315 e. The number of hydrogen-bond acceptors (Lipinski definition) is 2. The van der Waals surface area contributed by atoms with Crippen molar-refractivity contribution in [2.75, 3.05) is 0 Å². The van der Waals surface area contributed by atoms with E-state index in [0.29, 0.717) is 12.8 Å². The monoisotopic (exact) mass is 318 g/mol. The highest BCUT2D eigenvalue weighted by atomic mass is 16.4. The first-order chi connectivity index (χ1) is 10.8. The molecular formula is C18H26N2O3. The number of urea groups is 1. The molecule has 3 N–H and O–H groups in total. The summed E-state index contributed by atoms with van der Waals surface area (Å²) in [5, 5.41) is 14.9. The molecule has 0 saturated heterocycles. The minimum absolute atomic E-state index is 0.0658. The van der Waals surface area contributed by atoms with E-state index >= 15 is 0 Å². The van der Waals surface area contributed by atoms with E-state index in [-0.39, 0.29) is 24.0 Å². The van der Waals surface area contributed by atoms with Gasteiger partial charge in [-0.2, -0.15) is 0 Å². The van der Waals surface area contributed by atoms with E-state index in [4.69, 9.17) is 5.11 Å². The van der Waals surface area contributed by atoms with Crippen LogP contribution in [0.5, 0.6) is 0 Å². The zero-order valence-corrected chi connectivity index (χ0v) is 14.1. The molecule has 1 unspecified atom stereocenters. The van der Waals surface area contributed by atoms with Gasteiger partial charge in [0.15, 0.2) is 0 Å². The molecule has 0 heterocycles. The highest BCUT2D eigenvalue weighted by Gasteiger charge is 2.26. The van der Waals surface area contributed by atoms with Crippen LogP contribution in [0.15, 0.2) is 18.2 Å². The van der Waals surface area contributed by atoms with Crippen LogP contribution in [0.3, 0.4) is 0 Å². The minimum Gasteiger partial charge on any atom is -0.481 e. The summed E-state index contributed by atoms with van der Waals surface area (Å²) in [7, 11) is 0. The lowest BCUT2D eigenvalue weighted by Gasteiger charge is -2.27. The normalized spacial score (nSPS) is 22.2. The minimum atomic E-state index is -0.726. The number of carbonyl (C=O) groups is 2. The highest BCUT2D eigenvalue weighted by molar-refractivity contribution is 5.75. The van der Waals surface area contributed by atoms with Gasteiger partial charge in [0.25, 0.3) is 0 Å². The summed E-state index contributed by atoms with van der Waals surface area (Å²) in [5.41, 5.74) is 3.45. The quantitative estimate of drug-likeness (QED) is 0.797. The van der Waals surface area contributed by atoms with Gasteiger partial charge in [-0.05, 0) is 52.0 Å². The number of carboxylic acid groups (broad SMARTS) is 1. The Kier molecular flexibility index (Phi) is 5.64. The lowest BCUT2D eigenvalue weighted by atomic mass is 9.86. The summed E-state index contributed by atoms with van der Waals surface area (Å²) in [6, 6.07) is 6.08. The van der Waals surface area contributed by atoms with Gasteiger partial charge in [-0.15, -0.1) is 0 Å². The number of aryl methyl sites for hydroxylation is 2. The van der Waals surface area contributed by atoms with Gasteiger partial charge >= 0.3 is 12.0 Å². The predicted octanol–water partition coefficient (Wildman–Crippen LogP) is 3.31. The number of carboxylic acids is 1. The molecule has 1 saturated carbocycles. The van der Waals surface area contributed by atoms with Gasteiger partial charge in [0.2, 0.25) is 0 Å². The highest BCUT2D eigenvalue weighted by Crippen LogP contribution is 2.24. The number of carbonyl (C=O) groups excluding carboxylic acids is 1. The first-order valence-corrected chi connectivity index (χ1v) is 8.23. The molecule has 0 aromatic heterocycles. The average molecular weight is 318 g/mol. The summed E-state index contributed by atoms with van der Waals surface area (Å²) in [5.74, 6) is -0.985. The lowest BCUT2D eigenvalue weighted by molar-refractivity contribution is -0.142. The molecule has 1 aliphatic carbocycles. The molecule has 1 fully saturated rings. The van der Waals surface area contributed by atoms with E-state index < -0.39 is 5.97 Å². The van der Waals surface area contributed by atoms with Crippen molar-refractivity contribution >= 4 is 12.0 Å². The average Bonchev–Trinajstić information content (AvgIpc) is 2.46. The van der Waals surface area contributed by atoms with E-state index in [1.807, 2.05) is 20.8 Å². The topological polar surface area (TPSA) is 78.4 Å². The van der Waals surface area contributed by atoms with Crippen LogP contribution in [0.4, 0.5) is 4.79 Å². The van der Waals surface area contributed by atoms with Crippen LogP contribution in [-0.4, -0.2) is 23.1 Å². The molecule has 126 valence electrons. The molecular weight excluding hydrogens is 292 g/mol. The van der Waals surface area contributed by atoms with Crippen molar-refractivity contribution in [1.29, 1.82) is 0 Å². The molecule has 0 spiro atoms. The Bertz CT molecular complexity index is 557. The third kappa shape index (κ3) is 4.98. The van der Waals surface area contributed by atoms with Gasteiger partial charge in [0.1, 0.15) is 0 Å². The third-order valence-corrected chi connectivity index (χ3v) is 4.50. The van der Waals surface area contributed by atoms with Crippen molar-refractivity contribution in [2.24, 2.45) is 5.92 Å². The molecule has 2 rings (SSSR count). The fraction of sp³-hybridized carbons (Fsp3) is 0.556. The van der Waals surface area contributed by atoms with Crippen LogP contribution in [0.2, 0.25) is 0 Å². The summed E-state index contributed by atoms with van der Waals surface area (Å²) in [6.45, 7) is 6.06. The van der Waals surface area contributed by atoms with Gasteiger partial charge in [-0.25, -0.2) is 4.79 Å². The molecule has 5 nitrogen and oxygen atoms in total. The molecule has 23 heavy (non-hydrogen) atoms. The van der Waals surface area contributed by atoms with E-state index in [2.05, 4.69) is 28.8 Å². The number of amides is 2. The zero-order valence-electron chi connectivity index (χ0n) is 14.1. The number of nitrogens with one attached hydrogen (secondary N) is 2. The first kappa shape index (κ1) is 17.3. The molecule has 5 heteroatoms. The van der Waals surface area contributed by atoms with E-state index in [9.17, 15) is 9.59 Å². The Morgan fingerprint density at radius 1 is 1.09 bits per heavy atom. The Balaban J connectivity index is 1.84. The van der Waals surface area contributed by atoms with Crippen molar-refractivity contribution in [2.45, 2.75) is 58.5 Å². The molecule has 0 radical (unpaired) electrons. The Morgan fingerprint density at radius 2 is 1.65 bits per heavy atom. The van der Waals surface area contributed by atoms with Gasteiger partial charge in [-0.1, -0.05) is 29.3 Å². The summed E-state index contributed by atoms with van der Waals surface area (Å²) in [6.07, 6.45) is 2.71. The fourth-order valence-corrected chi connectivity index (χ4v) is 3.25. The van der Waals surface area contributed by atoms with E-state index in [1.54, 1.807) is 0 Å². The largest absolute Gasteiger partial charge is 0.481 e. The Morgan fingerprint density at radius 3 is 2.17 bits per heavy atom. The van der Waals surface area contributed by atoms with Crippen molar-refractivity contribution in [3.05, 3.63) is 34.9 Å². The fourth-order valence-electron chi connectivity index (χ4n) is 3.25. The maximum atomic E-state index is 12.1. The number of benzene rings is 1. The molecule has 2 amide bonds. The van der Waals surface area contributed by atoms with Crippen LogP contribution < -0.4 is 10.6 Å². The van der Waals surface area contributed by atoms with Crippen LogP contribution in [-0.2, 0) is 4.79 Å². The van der Waals surface area contributed by atoms with Gasteiger partial charge in [0.05, 0.1) is 12.0 Å². The van der Waals surface area contributed by atoms with Gasteiger partial charge in [-0.3, -0.25) is 4.79 Å². The molecule has 1 aliphatic rings. The zero-order chi connectivity index (χ0) is 17.0. The van der Waals surface area contributed by atoms with Crippen LogP contribution >= 0.6 is 0 Å². The smallest absolute Gasteiger partial charge is 0.315 e. The van der Waals surface area contributed by atoms with Gasteiger partial charge in [0, 0.05) is 6.04 Å². The van der Waals surface area contributed by atoms with E-state index in [0.717, 1.165) is 18.4 Å². The van der Waals surface area contributed by atoms with Crippen LogP contribution in [0.1, 0.15) is 55.3 Å². The second-order valence-corrected chi connectivity index (χ2v) is 6.65. The number of aliphatic carboxylic acids is 1. The molecule has 1 aromatic carbocycles. The Hall–Kier alpha value is -2.04.